The van der Waals surface area contributed by atoms with Crippen LogP contribution in [0.2, 0.25) is 0 Å². The van der Waals surface area contributed by atoms with Crippen molar-refractivity contribution in [2.45, 2.75) is 39.8 Å². The molecule has 0 aliphatic heterocycles. The van der Waals surface area contributed by atoms with E-state index in [1.807, 2.05) is 27.7 Å². The van der Waals surface area contributed by atoms with Gasteiger partial charge in [-0.15, -0.1) is 0 Å². The quantitative estimate of drug-likeness (QED) is 0.794. The van der Waals surface area contributed by atoms with Gasteiger partial charge in [-0.3, -0.25) is 9.48 Å². The zero-order chi connectivity index (χ0) is 13.8. The van der Waals surface area contributed by atoms with E-state index in [1.54, 1.807) is 10.9 Å². The van der Waals surface area contributed by atoms with Crippen molar-refractivity contribution in [2.24, 2.45) is 0 Å². The fraction of sp³-hybridized carbons (Fsp3) is 0.667. The van der Waals surface area contributed by atoms with E-state index in [-0.39, 0.29) is 11.6 Å². The van der Waals surface area contributed by atoms with Crippen molar-refractivity contribution in [3.63, 3.8) is 0 Å². The highest BCUT2D eigenvalue weighted by molar-refractivity contribution is 5.97. The molecule has 0 aromatic carbocycles. The van der Waals surface area contributed by atoms with E-state index in [0.29, 0.717) is 25.4 Å². The third-order valence-corrected chi connectivity index (χ3v) is 2.54. The summed E-state index contributed by atoms with van der Waals surface area (Å²) in [4.78, 5) is 11.9. The van der Waals surface area contributed by atoms with E-state index in [9.17, 15) is 4.79 Å². The van der Waals surface area contributed by atoms with Gasteiger partial charge in [-0.05, 0) is 27.7 Å². The van der Waals surface area contributed by atoms with Gasteiger partial charge in [0.2, 0.25) is 0 Å². The smallest absolute Gasteiger partial charge is 0.274 e. The van der Waals surface area contributed by atoms with E-state index in [4.69, 9.17) is 10.5 Å². The van der Waals surface area contributed by atoms with Crippen LogP contribution in [0.25, 0.3) is 0 Å². The number of carbonyl (C=O) groups excluding carboxylic acids is 1. The monoisotopic (exact) mass is 254 g/mol. The van der Waals surface area contributed by atoms with Gasteiger partial charge in [-0.25, -0.2) is 0 Å². The molecule has 1 amide bonds. The largest absolute Gasteiger partial charge is 0.396 e. The van der Waals surface area contributed by atoms with Gasteiger partial charge in [0.15, 0.2) is 5.69 Å². The van der Waals surface area contributed by atoms with Gasteiger partial charge in [0.25, 0.3) is 5.91 Å². The Kier molecular flexibility index (Phi) is 4.72. The van der Waals surface area contributed by atoms with Gasteiger partial charge in [-0.1, -0.05) is 0 Å². The molecule has 3 N–H and O–H groups in total. The lowest BCUT2D eigenvalue weighted by Gasteiger charge is -2.24. The summed E-state index contributed by atoms with van der Waals surface area (Å²) in [6.45, 7) is 9.40. The minimum absolute atomic E-state index is 0.268. The number of nitrogen functional groups attached to an aromatic ring is 1. The minimum Gasteiger partial charge on any atom is -0.396 e. The summed E-state index contributed by atoms with van der Waals surface area (Å²) in [6, 6.07) is 0. The topological polar surface area (TPSA) is 82.2 Å². The van der Waals surface area contributed by atoms with Crippen LogP contribution in [0.15, 0.2) is 6.20 Å². The summed E-state index contributed by atoms with van der Waals surface area (Å²) in [5.41, 5.74) is 6.00. The number of anilines is 1. The van der Waals surface area contributed by atoms with Gasteiger partial charge in [0, 0.05) is 25.9 Å². The Morgan fingerprint density at radius 1 is 1.56 bits per heavy atom. The molecular formula is C12H22N4O2. The van der Waals surface area contributed by atoms with Gasteiger partial charge in [0.1, 0.15) is 0 Å². The zero-order valence-corrected chi connectivity index (χ0v) is 11.5. The number of nitrogens with one attached hydrogen (secondary N) is 1. The first-order valence-electron chi connectivity index (χ1n) is 6.14. The Balaban J connectivity index is 2.62. The summed E-state index contributed by atoms with van der Waals surface area (Å²) in [7, 11) is 0. The standard InChI is InChI=1S/C12H22N4O2/c1-5-16-7-9(13)10(15-16)11(17)14-8-12(3,4)18-6-2/h7H,5-6,8,13H2,1-4H3,(H,14,17). The van der Waals surface area contributed by atoms with E-state index < -0.39 is 5.60 Å². The van der Waals surface area contributed by atoms with E-state index in [2.05, 4.69) is 10.4 Å². The molecule has 102 valence electrons. The molecule has 6 nitrogen and oxygen atoms in total. The Hall–Kier alpha value is -1.56. The van der Waals surface area contributed by atoms with Crippen LogP contribution in [0.3, 0.4) is 0 Å². The molecule has 1 aromatic heterocycles. The molecule has 6 heteroatoms. The maximum atomic E-state index is 11.9. The van der Waals surface area contributed by atoms with Crippen molar-refractivity contribution < 1.29 is 9.53 Å². The molecule has 1 aromatic rings. The number of amides is 1. The fourth-order valence-electron chi connectivity index (χ4n) is 1.59. The highest BCUT2D eigenvalue weighted by atomic mass is 16.5. The average Bonchev–Trinajstić information content (AvgIpc) is 2.68. The van der Waals surface area contributed by atoms with Crippen LogP contribution in [-0.4, -0.2) is 34.4 Å². The van der Waals surface area contributed by atoms with E-state index in [0.717, 1.165) is 0 Å². The van der Waals surface area contributed by atoms with Crippen LogP contribution in [0.5, 0.6) is 0 Å². The summed E-state index contributed by atoms with van der Waals surface area (Å²) in [5.74, 6) is -0.271. The Morgan fingerprint density at radius 3 is 2.72 bits per heavy atom. The number of ether oxygens (including phenoxy) is 1. The molecule has 0 bridgehead atoms. The Morgan fingerprint density at radius 2 is 2.22 bits per heavy atom. The van der Waals surface area contributed by atoms with E-state index in [1.165, 1.54) is 0 Å². The molecule has 0 saturated carbocycles. The maximum absolute atomic E-state index is 11.9. The molecule has 0 spiro atoms. The van der Waals surface area contributed by atoms with Gasteiger partial charge < -0.3 is 15.8 Å². The lowest BCUT2D eigenvalue weighted by atomic mass is 10.1. The first kappa shape index (κ1) is 14.5. The van der Waals surface area contributed by atoms with Crippen LogP contribution in [-0.2, 0) is 11.3 Å². The van der Waals surface area contributed by atoms with Gasteiger partial charge >= 0.3 is 0 Å². The number of aryl methyl sites for hydroxylation is 1. The number of aromatic nitrogens is 2. The van der Waals surface area contributed by atoms with Gasteiger partial charge in [0.05, 0.1) is 11.3 Å². The molecule has 1 heterocycles. The van der Waals surface area contributed by atoms with Crippen LogP contribution in [0.4, 0.5) is 5.69 Å². The summed E-state index contributed by atoms with van der Waals surface area (Å²) in [6.07, 6.45) is 1.66. The molecule has 0 aliphatic carbocycles. The average molecular weight is 254 g/mol. The van der Waals surface area contributed by atoms with Crippen molar-refractivity contribution in [1.82, 2.24) is 15.1 Å². The second kappa shape index (κ2) is 5.86. The zero-order valence-electron chi connectivity index (χ0n) is 11.5. The molecule has 0 radical (unpaired) electrons. The lowest BCUT2D eigenvalue weighted by Crippen LogP contribution is -2.40. The summed E-state index contributed by atoms with van der Waals surface area (Å²) < 4.78 is 7.14. The van der Waals surface area contributed by atoms with Crippen molar-refractivity contribution >= 4 is 11.6 Å². The molecule has 0 saturated heterocycles. The second-order valence-corrected chi connectivity index (χ2v) is 4.66. The Bertz CT molecular complexity index is 412. The maximum Gasteiger partial charge on any atom is 0.274 e. The number of nitrogens with zero attached hydrogens (tertiary/aromatic N) is 2. The normalized spacial score (nSPS) is 11.6. The summed E-state index contributed by atoms with van der Waals surface area (Å²) >= 11 is 0. The highest BCUT2D eigenvalue weighted by Gasteiger charge is 2.21. The first-order chi connectivity index (χ1) is 8.39. The molecular weight excluding hydrogens is 232 g/mol. The van der Waals surface area contributed by atoms with Crippen molar-refractivity contribution in [3.05, 3.63) is 11.9 Å². The van der Waals surface area contributed by atoms with E-state index >= 15 is 0 Å². The molecule has 0 aliphatic rings. The predicted octanol–water partition coefficient (Wildman–Crippen LogP) is 1.03. The van der Waals surface area contributed by atoms with Crippen LogP contribution in [0.1, 0.15) is 38.2 Å². The molecule has 0 fully saturated rings. The van der Waals surface area contributed by atoms with Crippen LogP contribution < -0.4 is 11.1 Å². The summed E-state index contributed by atoms with van der Waals surface area (Å²) in [5, 5.41) is 6.90. The number of hydrogen-bond donors (Lipinski definition) is 2. The molecule has 0 atom stereocenters. The van der Waals surface area contributed by atoms with Crippen LogP contribution >= 0.6 is 0 Å². The van der Waals surface area contributed by atoms with Crippen molar-refractivity contribution in [2.75, 3.05) is 18.9 Å². The third kappa shape index (κ3) is 3.73. The fourth-order valence-corrected chi connectivity index (χ4v) is 1.59. The highest BCUT2D eigenvalue weighted by Crippen LogP contribution is 2.11. The molecule has 0 unspecified atom stereocenters. The van der Waals surface area contributed by atoms with Gasteiger partial charge in [-0.2, -0.15) is 5.10 Å². The molecule has 1 rings (SSSR count). The Labute approximate surface area is 107 Å². The number of carbonyl (C=O) groups is 1. The molecule has 18 heavy (non-hydrogen) atoms. The second-order valence-electron chi connectivity index (χ2n) is 4.66. The number of hydrogen-bond acceptors (Lipinski definition) is 4. The van der Waals surface area contributed by atoms with Crippen molar-refractivity contribution in [1.29, 1.82) is 0 Å². The van der Waals surface area contributed by atoms with Crippen molar-refractivity contribution in [3.8, 4) is 0 Å². The first-order valence-corrected chi connectivity index (χ1v) is 6.14. The lowest BCUT2D eigenvalue weighted by molar-refractivity contribution is -0.00818. The SMILES string of the molecule is CCOC(C)(C)CNC(=O)c1nn(CC)cc1N. The number of nitrogens with two attached hydrogens (primary N) is 1. The third-order valence-electron chi connectivity index (χ3n) is 2.54. The van der Waals surface area contributed by atoms with Crippen LogP contribution in [0, 0.1) is 0 Å². The number of rotatable bonds is 6. The predicted molar refractivity (Wildman–Crippen MR) is 70.4 cm³/mol. The minimum atomic E-state index is -0.396.